The lowest BCUT2D eigenvalue weighted by atomic mass is 9.85. The van der Waals surface area contributed by atoms with E-state index in [-0.39, 0.29) is 23.9 Å². The first-order valence-corrected chi connectivity index (χ1v) is 8.83. The summed E-state index contributed by atoms with van der Waals surface area (Å²) >= 11 is 3.47. The maximum absolute atomic E-state index is 12.8. The van der Waals surface area contributed by atoms with Gasteiger partial charge in [0.1, 0.15) is 0 Å². The van der Waals surface area contributed by atoms with Crippen LogP contribution in [0, 0.1) is 5.92 Å². The number of carbonyl (C=O) groups is 1. The van der Waals surface area contributed by atoms with Crippen molar-refractivity contribution in [2.24, 2.45) is 5.92 Å². The molecule has 1 aliphatic heterocycles. The van der Waals surface area contributed by atoms with Crippen molar-refractivity contribution in [1.82, 2.24) is 4.90 Å². The third kappa shape index (κ3) is 4.11. The van der Waals surface area contributed by atoms with Gasteiger partial charge in [0.05, 0.1) is 25.3 Å². The normalized spacial score (nSPS) is 23.6. The van der Waals surface area contributed by atoms with Crippen molar-refractivity contribution in [2.75, 3.05) is 13.2 Å². The molecule has 0 spiro atoms. The highest BCUT2D eigenvalue weighted by atomic mass is 79.9. The van der Waals surface area contributed by atoms with Crippen LogP contribution >= 0.6 is 15.9 Å². The van der Waals surface area contributed by atoms with Crippen molar-refractivity contribution in [2.45, 2.75) is 52.1 Å². The Morgan fingerprint density at radius 2 is 1.77 bits per heavy atom. The molecule has 0 aliphatic carbocycles. The highest BCUT2D eigenvalue weighted by Crippen LogP contribution is 2.30. The molecule has 3 unspecified atom stereocenters. The van der Waals surface area contributed by atoms with Crippen LogP contribution in [0.2, 0.25) is 0 Å². The largest absolute Gasteiger partial charge is 0.377 e. The third-order valence-electron chi connectivity index (χ3n) is 4.45. The lowest BCUT2D eigenvalue weighted by Crippen LogP contribution is -2.52. The SMILES string of the molecule is CC(C)C(CC(=O)N1C(C)COCC1C)c1ccc(Br)cc1. The predicted molar refractivity (Wildman–Crippen MR) is 92.9 cm³/mol. The monoisotopic (exact) mass is 367 g/mol. The van der Waals surface area contributed by atoms with E-state index in [1.807, 2.05) is 4.90 Å². The molecule has 3 nitrogen and oxygen atoms in total. The van der Waals surface area contributed by atoms with Crippen LogP contribution in [0.15, 0.2) is 28.7 Å². The summed E-state index contributed by atoms with van der Waals surface area (Å²) in [4.78, 5) is 14.8. The number of amides is 1. The van der Waals surface area contributed by atoms with Gasteiger partial charge in [-0.2, -0.15) is 0 Å². The van der Waals surface area contributed by atoms with Crippen LogP contribution in [0.4, 0.5) is 0 Å². The zero-order valence-electron chi connectivity index (χ0n) is 13.9. The summed E-state index contributed by atoms with van der Waals surface area (Å²) in [5, 5.41) is 0. The summed E-state index contributed by atoms with van der Waals surface area (Å²) in [6, 6.07) is 8.66. The Bertz CT molecular complexity index is 490. The molecule has 2 rings (SSSR count). The van der Waals surface area contributed by atoms with E-state index >= 15 is 0 Å². The van der Waals surface area contributed by atoms with Crippen LogP contribution in [-0.4, -0.2) is 36.1 Å². The van der Waals surface area contributed by atoms with Crippen LogP contribution in [0.1, 0.15) is 45.6 Å². The Morgan fingerprint density at radius 3 is 2.27 bits per heavy atom. The Morgan fingerprint density at radius 1 is 1.23 bits per heavy atom. The molecule has 3 atom stereocenters. The van der Waals surface area contributed by atoms with E-state index in [0.717, 1.165) is 4.47 Å². The number of benzene rings is 1. The number of morpholine rings is 1. The fourth-order valence-corrected chi connectivity index (χ4v) is 3.50. The van der Waals surface area contributed by atoms with Gasteiger partial charge in [-0.25, -0.2) is 0 Å². The molecule has 0 aromatic heterocycles. The van der Waals surface area contributed by atoms with Crippen LogP contribution in [0.5, 0.6) is 0 Å². The maximum Gasteiger partial charge on any atom is 0.223 e. The van der Waals surface area contributed by atoms with E-state index in [1.165, 1.54) is 5.56 Å². The summed E-state index contributed by atoms with van der Waals surface area (Å²) in [6.45, 7) is 9.79. The molecule has 1 saturated heterocycles. The number of rotatable bonds is 4. The minimum Gasteiger partial charge on any atom is -0.377 e. The van der Waals surface area contributed by atoms with E-state index in [9.17, 15) is 4.79 Å². The molecule has 1 fully saturated rings. The molecular weight excluding hydrogens is 342 g/mol. The number of nitrogens with zero attached hydrogens (tertiary/aromatic N) is 1. The highest BCUT2D eigenvalue weighted by molar-refractivity contribution is 9.10. The maximum atomic E-state index is 12.8. The average molecular weight is 368 g/mol. The minimum absolute atomic E-state index is 0.161. The first-order valence-electron chi connectivity index (χ1n) is 8.04. The van der Waals surface area contributed by atoms with E-state index in [0.29, 0.717) is 25.6 Å². The molecule has 0 N–H and O–H groups in total. The summed E-state index contributed by atoms with van der Waals surface area (Å²) in [5.74, 6) is 0.921. The second-order valence-corrected chi connectivity index (χ2v) is 7.56. The Kier molecular flexibility index (Phi) is 6.04. The fraction of sp³-hybridized carbons (Fsp3) is 0.611. The van der Waals surface area contributed by atoms with Gasteiger partial charge in [0.25, 0.3) is 0 Å². The van der Waals surface area contributed by atoms with Gasteiger partial charge < -0.3 is 9.64 Å². The quantitative estimate of drug-likeness (QED) is 0.797. The second kappa shape index (κ2) is 7.60. The van der Waals surface area contributed by atoms with Crippen LogP contribution < -0.4 is 0 Å². The van der Waals surface area contributed by atoms with Gasteiger partial charge in [0, 0.05) is 10.9 Å². The van der Waals surface area contributed by atoms with Gasteiger partial charge in [-0.3, -0.25) is 4.79 Å². The zero-order chi connectivity index (χ0) is 16.3. The molecule has 1 amide bonds. The summed E-state index contributed by atoms with van der Waals surface area (Å²) in [6.07, 6.45) is 0.563. The van der Waals surface area contributed by atoms with Gasteiger partial charge in [-0.05, 0) is 43.4 Å². The Balaban J connectivity index is 2.13. The lowest BCUT2D eigenvalue weighted by molar-refractivity contribution is -0.144. The smallest absolute Gasteiger partial charge is 0.223 e. The molecule has 22 heavy (non-hydrogen) atoms. The molecule has 1 aromatic rings. The number of halogens is 1. The summed E-state index contributed by atoms with van der Waals surface area (Å²) < 4.78 is 6.60. The molecule has 122 valence electrons. The van der Waals surface area contributed by atoms with Crippen molar-refractivity contribution in [3.63, 3.8) is 0 Å². The molecule has 0 radical (unpaired) electrons. The number of hydrogen-bond donors (Lipinski definition) is 0. The van der Waals surface area contributed by atoms with Crippen molar-refractivity contribution in [1.29, 1.82) is 0 Å². The van der Waals surface area contributed by atoms with E-state index in [4.69, 9.17) is 4.74 Å². The van der Waals surface area contributed by atoms with Crippen LogP contribution in [-0.2, 0) is 9.53 Å². The van der Waals surface area contributed by atoms with Crippen LogP contribution in [0.3, 0.4) is 0 Å². The van der Waals surface area contributed by atoms with E-state index in [1.54, 1.807) is 0 Å². The van der Waals surface area contributed by atoms with Crippen molar-refractivity contribution < 1.29 is 9.53 Å². The predicted octanol–water partition coefficient (Wildman–Crippen LogP) is 4.21. The van der Waals surface area contributed by atoms with Gasteiger partial charge in [0.2, 0.25) is 5.91 Å². The van der Waals surface area contributed by atoms with E-state index in [2.05, 4.69) is 67.9 Å². The second-order valence-electron chi connectivity index (χ2n) is 6.64. The number of ether oxygens (including phenoxy) is 1. The third-order valence-corrected chi connectivity index (χ3v) is 4.98. The molecule has 1 aromatic carbocycles. The lowest BCUT2D eigenvalue weighted by Gasteiger charge is -2.39. The minimum atomic E-state index is 0.161. The average Bonchev–Trinajstić information content (AvgIpc) is 2.45. The van der Waals surface area contributed by atoms with Gasteiger partial charge in [0.15, 0.2) is 0 Å². The zero-order valence-corrected chi connectivity index (χ0v) is 15.5. The topological polar surface area (TPSA) is 29.5 Å². The van der Waals surface area contributed by atoms with Crippen LogP contribution in [0.25, 0.3) is 0 Å². The van der Waals surface area contributed by atoms with E-state index < -0.39 is 0 Å². The Labute approximate surface area is 142 Å². The molecule has 1 aliphatic rings. The molecular formula is C18H26BrNO2. The van der Waals surface area contributed by atoms with Crippen molar-refractivity contribution in [3.8, 4) is 0 Å². The molecule has 4 heteroatoms. The number of carbonyl (C=O) groups excluding carboxylic acids is 1. The number of hydrogen-bond acceptors (Lipinski definition) is 2. The molecule has 1 heterocycles. The molecule has 0 saturated carbocycles. The highest BCUT2D eigenvalue weighted by Gasteiger charge is 2.31. The fourth-order valence-electron chi connectivity index (χ4n) is 3.24. The standard InChI is InChI=1S/C18H26BrNO2/c1-12(2)17(15-5-7-16(19)8-6-15)9-18(21)20-13(3)10-22-11-14(20)4/h5-8,12-14,17H,9-11H2,1-4H3. The molecule has 0 bridgehead atoms. The van der Waals surface area contributed by atoms with Crippen molar-refractivity contribution >= 4 is 21.8 Å². The van der Waals surface area contributed by atoms with Gasteiger partial charge in [-0.15, -0.1) is 0 Å². The summed E-state index contributed by atoms with van der Waals surface area (Å²) in [7, 11) is 0. The van der Waals surface area contributed by atoms with Gasteiger partial charge >= 0.3 is 0 Å². The van der Waals surface area contributed by atoms with Crippen molar-refractivity contribution in [3.05, 3.63) is 34.3 Å². The van der Waals surface area contributed by atoms with Gasteiger partial charge in [-0.1, -0.05) is 41.9 Å². The first kappa shape index (κ1) is 17.5. The first-order chi connectivity index (χ1) is 10.4. The summed E-state index contributed by atoms with van der Waals surface area (Å²) in [5.41, 5.74) is 1.24. The Hall–Kier alpha value is -0.870.